The van der Waals surface area contributed by atoms with Crippen molar-refractivity contribution in [2.24, 2.45) is 0 Å². The van der Waals surface area contributed by atoms with E-state index in [0.29, 0.717) is 5.92 Å². The summed E-state index contributed by atoms with van der Waals surface area (Å²) in [6, 6.07) is 12.5. The van der Waals surface area contributed by atoms with E-state index in [-0.39, 0.29) is 5.91 Å². The van der Waals surface area contributed by atoms with Crippen LogP contribution in [0.3, 0.4) is 0 Å². The number of hydrogen-bond acceptors (Lipinski definition) is 3. The Morgan fingerprint density at radius 2 is 1.77 bits per heavy atom. The maximum Gasteiger partial charge on any atom is 0.254 e. The first kappa shape index (κ1) is 15.1. The highest BCUT2D eigenvalue weighted by atomic mass is 32.1. The van der Waals surface area contributed by atoms with Crippen molar-refractivity contribution in [3.63, 3.8) is 0 Å². The molecule has 1 aliphatic heterocycles. The van der Waals surface area contributed by atoms with E-state index >= 15 is 0 Å². The second-order valence-electron chi connectivity index (χ2n) is 6.01. The highest BCUT2D eigenvalue weighted by Crippen LogP contribution is 2.24. The van der Waals surface area contributed by atoms with Crippen LogP contribution in [0, 0.1) is 0 Å². The summed E-state index contributed by atoms with van der Waals surface area (Å²) in [6.07, 6.45) is 0. The molecule has 0 atom stereocenters. The minimum absolute atomic E-state index is 0.177. The van der Waals surface area contributed by atoms with Crippen LogP contribution < -0.4 is 4.90 Å². The minimum Gasteiger partial charge on any atom is -0.368 e. The lowest BCUT2D eigenvalue weighted by Crippen LogP contribution is -2.48. The molecule has 1 amide bonds. The summed E-state index contributed by atoms with van der Waals surface area (Å²) in [5.74, 6) is 0.664. The fourth-order valence-electron chi connectivity index (χ4n) is 2.76. The molecule has 1 saturated heterocycles. The zero-order valence-corrected chi connectivity index (χ0v) is 14.0. The lowest BCUT2D eigenvalue weighted by Gasteiger charge is -2.36. The van der Waals surface area contributed by atoms with E-state index in [1.807, 2.05) is 16.3 Å². The molecule has 22 heavy (non-hydrogen) atoms. The molecule has 3 rings (SSSR count). The van der Waals surface area contributed by atoms with Crippen molar-refractivity contribution in [1.29, 1.82) is 0 Å². The first-order valence-electron chi connectivity index (χ1n) is 7.83. The fourth-order valence-corrected chi connectivity index (χ4v) is 3.66. The van der Waals surface area contributed by atoms with Gasteiger partial charge in [-0.25, -0.2) is 0 Å². The van der Waals surface area contributed by atoms with Gasteiger partial charge in [0.25, 0.3) is 5.91 Å². The highest BCUT2D eigenvalue weighted by Gasteiger charge is 2.23. The number of para-hydroxylation sites is 1. The number of carbonyl (C=O) groups excluding carboxylic acids is 1. The number of amides is 1. The molecule has 1 aromatic carbocycles. The summed E-state index contributed by atoms with van der Waals surface area (Å²) in [5, 5.41) is 2.00. The van der Waals surface area contributed by atoms with E-state index in [2.05, 4.69) is 49.1 Å². The SMILES string of the molecule is CC(C)c1cc(C(=O)N2CCN(c3ccccc3)CC2)cs1. The van der Waals surface area contributed by atoms with E-state index in [9.17, 15) is 4.79 Å². The third-order valence-electron chi connectivity index (χ3n) is 4.12. The van der Waals surface area contributed by atoms with Crippen molar-refractivity contribution in [1.82, 2.24) is 4.90 Å². The molecule has 2 heterocycles. The Morgan fingerprint density at radius 3 is 2.36 bits per heavy atom. The van der Waals surface area contributed by atoms with Crippen molar-refractivity contribution in [3.8, 4) is 0 Å². The Hall–Kier alpha value is -1.81. The molecular formula is C18H22N2OS. The summed E-state index contributed by atoms with van der Waals surface area (Å²) in [6.45, 7) is 7.71. The quantitative estimate of drug-likeness (QED) is 0.859. The van der Waals surface area contributed by atoms with Gasteiger partial charge in [-0.1, -0.05) is 32.0 Å². The average molecular weight is 314 g/mol. The predicted octanol–water partition coefficient (Wildman–Crippen LogP) is 3.83. The molecule has 0 unspecified atom stereocenters. The molecule has 0 N–H and O–H groups in total. The molecular weight excluding hydrogens is 292 g/mol. The Balaban J connectivity index is 1.62. The summed E-state index contributed by atoms with van der Waals surface area (Å²) < 4.78 is 0. The van der Waals surface area contributed by atoms with Crippen molar-refractivity contribution in [2.45, 2.75) is 19.8 Å². The van der Waals surface area contributed by atoms with Gasteiger partial charge in [-0.15, -0.1) is 11.3 Å². The van der Waals surface area contributed by atoms with Crippen molar-refractivity contribution < 1.29 is 4.79 Å². The lowest BCUT2D eigenvalue weighted by molar-refractivity contribution is 0.0747. The zero-order valence-electron chi connectivity index (χ0n) is 13.2. The van der Waals surface area contributed by atoms with Gasteiger partial charge >= 0.3 is 0 Å². The summed E-state index contributed by atoms with van der Waals surface area (Å²) in [7, 11) is 0. The third-order valence-corrected chi connectivity index (χ3v) is 5.36. The summed E-state index contributed by atoms with van der Waals surface area (Å²) in [5.41, 5.74) is 2.09. The lowest BCUT2D eigenvalue weighted by atomic mass is 10.1. The molecule has 0 spiro atoms. The van der Waals surface area contributed by atoms with E-state index in [4.69, 9.17) is 0 Å². The second kappa shape index (κ2) is 6.53. The van der Waals surface area contributed by atoms with Gasteiger partial charge in [0.2, 0.25) is 0 Å². The number of carbonyl (C=O) groups is 1. The van der Waals surface area contributed by atoms with Gasteiger partial charge < -0.3 is 9.80 Å². The highest BCUT2D eigenvalue weighted by molar-refractivity contribution is 7.10. The monoisotopic (exact) mass is 314 g/mol. The minimum atomic E-state index is 0.177. The molecule has 2 aromatic rings. The van der Waals surface area contributed by atoms with E-state index in [1.165, 1.54) is 10.6 Å². The molecule has 0 saturated carbocycles. The van der Waals surface area contributed by atoms with Crippen molar-refractivity contribution in [3.05, 3.63) is 52.2 Å². The Kier molecular flexibility index (Phi) is 4.48. The van der Waals surface area contributed by atoms with Gasteiger partial charge in [-0.3, -0.25) is 4.79 Å². The number of nitrogens with zero attached hydrogens (tertiary/aromatic N) is 2. The number of piperazine rings is 1. The first-order valence-corrected chi connectivity index (χ1v) is 8.71. The average Bonchev–Trinajstić information content (AvgIpc) is 3.05. The van der Waals surface area contributed by atoms with Gasteiger partial charge in [0.05, 0.1) is 5.56 Å². The largest absolute Gasteiger partial charge is 0.368 e. The van der Waals surface area contributed by atoms with E-state index in [0.717, 1.165) is 31.7 Å². The van der Waals surface area contributed by atoms with Crippen molar-refractivity contribution >= 4 is 22.9 Å². The van der Waals surface area contributed by atoms with Crippen LogP contribution in [0.5, 0.6) is 0 Å². The smallest absolute Gasteiger partial charge is 0.254 e. The summed E-state index contributed by atoms with van der Waals surface area (Å²) >= 11 is 1.69. The standard InChI is InChI=1S/C18H22N2OS/c1-14(2)17-12-15(13-22-17)18(21)20-10-8-19(9-11-20)16-6-4-3-5-7-16/h3-7,12-14H,8-11H2,1-2H3. The molecule has 0 bridgehead atoms. The van der Waals surface area contributed by atoms with Crippen LogP contribution >= 0.6 is 11.3 Å². The van der Waals surface area contributed by atoms with Crippen LogP contribution in [-0.2, 0) is 0 Å². The maximum absolute atomic E-state index is 12.6. The molecule has 0 aliphatic carbocycles. The Morgan fingerprint density at radius 1 is 1.09 bits per heavy atom. The maximum atomic E-state index is 12.6. The molecule has 3 nitrogen and oxygen atoms in total. The third kappa shape index (κ3) is 3.17. The van der Waals surface area contributed by atoms with Crippen LogP contribution in [-0.4, -0.2) is 37.0 Å². The molecule has 1 fully saturated rings. The number of rotatable bonds is 3. The Bertz CT molecular complexity index is 628. The topological polar surface area (TPSA) is 23.6 Å². The summed E-state index contributed by atoms with van der Waals surface area (Å²) in [4.78, 5) is 18.2. The predicted molar refractivity (Wildman–Crippen MR) is 93.0 cm³/mol. The van der Waals surface area contributed by atoms with Gasteiger partial charge in [-0.05, 0) is 24.1 Å². The zero-order chi connectivity index (χ0) is 15.5. The number of hydrogen-bond donors (Lipinski definition) is 0. The van der Waals surface area contributed by atoms with E-state index in [1.54, 1.807) is 11.3 Å². The molecule has 0 radical (unpaired) electrons. The van der Waals surface area contributed by atoms with Gasteiger partial charge in [0.1, 0.15) is 0 Å². The van der Waals surface area contributed by atoms with Gasteiger partial charge in [-0.2, -0.15) is 0 Å². The van der Waals surface area contributed by atoms with Crippen LogP contribution in [0.2, 0.25) is 0 Å². The Labute approximate surface area is 136 Å². The molecule has 1 aromatic heterocycles. The molecule has 1 aliphatic rings. The van der Waals surface area contributed by atoms with Gasteiger partial charge in [0.15, 0.2) is 0 Å². The molecule has 116 valence electrons. The number of thiophene rings is 1. The van der Waals surface area contributed by atoms with Crippen molar-refractivity contribution in [2.75, 3.05) is 31.1 Å². The van der Waals surface area contributed by atoms with E-state index < -0.39 is 0 Å². The second-order valence-corrected chi connectivity index (χ2v) is 6.95. The van der Waals surface area contributed by atoms with Crippen LogP contribution in [0.25, 0.3) is 0 Å². The first-order chi connectivity index (χ1) is 10.6. The molecule has 4 heteroatoms. The van der Waals surface area contributed by atoms with Crippen LogP contribution in [0.4, 0.5) is 5.69 Å². The number of benzene rings is 1. The van der Waals surface area contributed by atoms with Crippen LogP contribution in [0.15, 0.2) is 41.8 Å². The van der Waals surface area contributed by atoms with Gasteiger partial charge in [0, 0.05) is 42.1 Å². The fraction of sp³-hybridized carbons (Fsp3) is 0.389. The normalized spacial score (nSPS) is 15.4. The van der Waals surface area contributed by atoms with Crippen LogP contribution in [0.1, 0.15) is 35.0 Å². The number of anilines is 1.